The molecule has 2 aromatic rings. The summed E-state index contributed by atoms with van der Waals surface area (Å²) in [5.74, 6) is 0.232. The van der Waals surface area contributed by atoms with Crippen molar-refractivity contribution in [3.05, 3.63) is 36.9 Å². The average molecular weight is 161 g/mol. The second kappa shape index (κ2) is 2.70. The van der Waals surface area contributed by atoms with Gasteiger partial charge in [0.15, 0.2) is 6.39 Å². The van der Waals surface area contributed by atoms with E-state index in [0.717, 1.165) is 11.3 Å². The maximum absolute atomic E-state index is 9.15. The smallest absolute Gasteiger partial charge is 0.181 e. The molecule has 1 heterocycles. The fourth-order valence-electron chi connectivity index (χ4n) is 1.02. The number of nitrogens with zero attached hydrogens (tertiary/aromatic N) is 1. The van der Waals surface area contributed by atoms with Crippen molar-refractivity contribution in [1.82, 2.24) is 4.98 Å². The summed E-state index contributed by atoms with van der Waals surface area (Å²) >= 11 is 0. The van der Waals surface area contributed by atoms with Crippen molar-refractivity contribution >= 4 is 0 Å². The lowest BCUT2D eigenvalue weighted by atomic mass is 10.2. The molecule has 1 aromatic heterocycles. The Bertz CT molecular complexity index is 368. The molecule has 0 saturated carbocycles. The highest BCUT2D eigenvalue weighted by Crippen LogP contribution is 2.20. The lowest BCUT2D eigenvalue weighted by Crippen LogP contribution is -1.75. The number of oxazole rings is 1. The molecule has 12 heavy (non-hydrogen) atoms. The molecule has 0 bridgehead atoms. The van der Waals surface area contributed by atoms with Crippen molar-refractivity contribution in [1.29, 1.82) is 0 Å². The predicted octanol–water partition coefficient (Wildman–Crippen LogP) is 2.05. The van der Waals surface area contributed by atoms with E-state index >= 15 is 0 Å². The Morgan fingerprint density at radius 3 is 2.92 bits per heavy atom. The van der Waals surface area contributed by atoms with Crippen LogP contribution in [0.1, 0.15) is 0 Å². The van der Waals surface area contributed by atoms with E-state index < -0.39 is 0 Å². The van der Waals surface area contributed by atoms with Gasteiger partial charge in [0, 0.05) is 5.56 Å². The third-order valence-corrected chi connectivity index (χ3v) is 1.57. The maximum atomic E-state index is 9.15. The van der Waals surface area contributed by atoms with Gasteiger partial charge in [-0.1, -0.05) is 12.1 Å². The first-order chi connectivity index (χ1) is 5.86. The van der Waals surface area contributed by atoms with Gasteiger partial charge in [-0.05, 0) is 12.1 Å². The van der Waals surface area contributed by atoms with Gasteiger partial charge in [-0.25, -0.2) is 4.98 Å². The van der Waals surface area contributed by atoms with Crippen LogP contribution in [-0.4, -0.2) is 10.1 Å². The van der Waals surface area contributed by atoms with Gasteiger partial charge in [-0.15, -0.1) is 0 Å². The zero-order valence-electron chi connectivity index (χ0n) is 6.27. The van der Waals surface area contributed by atoms with Crippen LogP contribution in [0.4, 0.5) is 0 Å². The highest BCUT2D eigenvalue weighted by molar-refractivity contribution is 5.59. The molecular weight excluding hydrogens is 154 g/mol. The second-order valence-corrected chi connectivity index (χ2v) is 2.42. The Morgan fingerprint density at radius 2 is 2.25 bits per heavy atom. The highest BCUT2D eigenvalue weighted by atomic mass is 16.3. The van der Waals surface area contributed by atoms with Crippen LogP contribution in [0.2, 0.25) is 0 Å². The minimum atomic E-state index is 0.232. The Kier molecular flexibility index (Phi) is 1.55. The van der Waals surface area contributed by atoms with Crippen LogP contribution >= 0.6 is 0 Å². The van der Waals surface area contributed by atoms with E-state index in [4.69, 9.17) is 9.52 Å². The standard InChI is InChI=1S/C9H7NO2/c11-8-3-1-2-7(4-8)9-5-12-6-10-9/h1-6,11H. The molecule has 0 aliphatic rings. The van der Waals surface area contributed by atoms with Crippen LogP contribution in [0.5, 0.6) is 5.75 Å². The van der Waals surface area contributed by atoms with E-state index in [-0.39, 0.29) is 5.75 Å². The van der Waals surface area contributed by atoms with Gasteiger partial charge in [-0.3, -0.25) is 0 Å². The molecular formula is C9H7NO2. The Morgan fingerprint density at radius 1 is 1.33 bits per heavy atom. The molecule has 3 nitrogen and oxygen atoms in total. The Hall–Kier alpha value is -1.77. The number of aromatic hydroxyl groups is 1. The first-order valence-electron chi connectivity index (χ1n) is 3.54. The molecule has 2 rings (SSSR count). The molecule has 1 N–H and O–H groups in total. The number of benzene rings is 1. The van der Waals surface area contributed by atoms with E-state index in [1.54, 1.807) is 18.2 Å². The lowest BCUT2D eigenvalue weighted by Gasteiger charge is -1.95. The SMILES string of the molecule is Oc1cccc(-c2cocn2)c1. The molecule has 0 amide bonds. The molecule has 1 aromatic carbocycles. The molecule has 0 aliphatic heterocycles. The largest absolute Gasteiger partial charge is 0.508 e. The average Bonchev–Trinajstić information content (AvgIpc) is 2.56. The van der Waals surface area contributed by atoms with Gasteiger partial charge in [0.2, 0.25) is 0 Å². The van der Waals surface area contributed by atoms with Crippen molar-refractivity contribution in [2.75, 3.05) is 0 Å². The first kappa shape index (κ1) is 6.91. The van der Waals surface area contributed by atoms with Crippen LogP contribution in [0.25, 0.3) is 11.3 Å². The van der Waals surface area contributed by atoms with Crippen molar-refractivity contribution in [3.63, 3.8) is 0 Å². The summed E-state index contributed by atoms with van der Waals surface area (Å²) in [6.45, 7) is 0. The van der Waals surface area contributed by atoms with Gasteiger partial charge in [-0.2, -0.15) is 0 Å². The monoisotopic (exact) mass is 161 g/mol. The minimum absolute atomic E-state index is 0.232. The third-order valence-electron chi connectivity index (χ3n) is 1.57. The third kappa shape index (κ3) is 1.16. The van der Waals surface area contributed by atoms with Crippen LogP contribution in [-0.2, 0) is 0 Å². The van der Waals surface area contributed by atoms with Gasteiger partial charge in [0.05, 0.1) is 0 Å². The zero-order chi connectivity index (χ0) is 8.39. The molecule has 0 fully saturated rings. The zero-order valence-corrected chi connectivity index (χ0v) is 6.27. The number of hydrogen-bond donors (Lipinski definition) is 1. The topological polar surface area (TPSA) is 46.3 Å². The number of aromatic nitrogens is 1. The molecule has 0 unspecified atom stereocenters. The van der Waals surface area contributed by atoms with Crippen molar-refractivity contribution in [2.24, 2.45) is 0 Å². The number of phenolic OH excluding ortho intramolecular Hbond substituents is 1. The molecule has 0 saturated heterocycles. The summed E-state index contributed by atoms with van der Waals surface area (Å²) in [5.41, 5.74) is 1.58. The van der Waals surface area contributed by atoms with Crippen molar-refractivity contribution in [2.45, 2.75) is 0 Å². The minimum Gasteiger partial charge on any atom is -0.508 e. The summed E-state index contributed by atoms with van der Waals surface area (Å²) < 4.78 is 4.82. The van der Waals surface area contributed by atoms with Crippen LogP contribution in [0.3, 0.4) is 0 Å². The predicted molar refractivity (Wildman–Crippen MR) is 43.6 cm³/mol. The molecule has 3 heteroatoms. The van der Waals surface area contributed by atoms with Gasteiger partial charge in [0.25, 0.3) is 0 Å². The molecule has 60 valence electrons. The summed E-state index contributed by atoms with van der Waals surface area (Å²) in [6.07, 6.45) is 2.90. The van der Waals surface area contributed by atoms with E-state index in [9.17, 15) is 0 Å². The lowest BCUT2D eigenvalue weighted by molar-refractivity contribution is 0.475. The highest BCUT2D eigenvalue weighted by Gasteiger charge is 1.99. The van der Waals surface area contributed by atoms with Gasteiger partial charge in [0.1, 0.15) is 17.7 Å². The summed E-state index contributed by atoms with van der Waals surface area (Å²) in [4.78, 5) is 3.95. The van der Waals surface area contributed by atoms with Crippen LogP contribution in [0.15, 0.2) is 41.3 Å². The molecule has 0 radical (unpaired) electrons. The Balaban J connectivity index is 2.48. The number of phenols is 1. The van der Waals surface area contributed by atoms with Crippen molar-refractivity contribution < 1.29 is 9.52 Å². The maximum Gasteiger partial charge on any atom is 0.181 e. The normalized spacial score (nSPS) is 10.0. The van der Waals surface area contributed by atoms with Gasteiger partial charge < -0.3 is 9.52 Å². The fourth-order valence-corrected chi connectivity index (χ4v) is 1.02. The molecule has 0 atom stereocenters. The summed E-state index contributed by atoms with van der Waals surface area (Å²) in [6, 6.07) is 6.87. The van der Waals surface area contributed by atoms with E-state index in [0.29, 0.717) is 0 Å². The first-order valence-corrected chi connectivity index (χ1v) is 3.54. The van der Waals surface area contributed by atoms with Crippen LogP contribution in [0, 0.1) is 0 Å². The van der Waals surface area contributed by atoms with Crippen LogP contribution < -0.4 is 0 Å². The molecule has 0 spiro atoms. The summed E-state index contributed by atoms with van der Waals surface area (Å²) in [5, 5.41) is 9.15. The summed E-state index contributed by atoms with van der Waals surface area (Å²) in [7, 11) is 0. The Labute approximate surface area is 69.3 Å². The number of rotatable bonds is 1. The fraction of sp³-hybridized carbons (Fsp3) is 0. The molecule has 0 aliphatic carbocycles. The van der Waals surface area contributed by atoms with E-state index in [1.807, 2.05) is 6.07 Å². The van der Waals surface area contributed by atoms with Crippen molar-refractivity contribution in [3.8, 4) is 17.0 Å². The van der Waals surface area contributed by atoms with E-state index in [1.165, 1.54) is 12.7 Å². The van der Waals surface area contributed by atoms with Gasteiger partial charge >= 0.3 is 0 Å². The quantitative estimate of drug-likeness (QED) is 0.696. The number of hydrogen-bond acceptors (Lipinski definition) is 3. The van der Waals surface area contributed by atoms with E-state index in [2.05, 4.69) is 4.98 Å². The second-order valence-electron chi connectivity index (χ2n) is 2.42.